The normalized spacial score (nSPS) is 10.8. The molecule has 1 N–H and O–H groups in total. The smallest absolute Gasteiger partial charge is 0.141 e. The summed E-state index contributed by atoms with van der Waals surface area (Å²) in [5, 5.41) is 3.40. The van der Waals surface area contributed by atoms with Gasteiger partial charge in [0, 0.05) is 43.4 Å². The average Bonchev–Trinajstić information content (AvgIpc) is 2.88. The van der Waals surface area contributed by atoms with Crippen LogP contribution in [-0.2, 0) is 13.1 Å². The molecule has 2 aromatic heterocycles. The van der Waals surface area contributed by atoms with Crippen LogP contribution in [0.25, 0.3) is 11.4 Å². The maximum atomic E-state index is 4.45. The highest BCUT2D eigenvalue weighted by Gasteiger charge is 2.06. The Balaban J connectivity index is 2.15. The third-order valence-corrected chi connectivity index (χ3v) is 2.99. The van der Waals surface area contributed by atoms with Crippen LogP contribution in [0.3, 0.4) is 0 Å². The van der Waals surface area contributed by atoms with Gasteiger partial charge < -0.3 is 9.88 Å². The van der Waals surface area contributed by atoms with Crippen molar-refractivity contribution in [3.05, 3.63) is 36.4 Å². The number of hydrogen-bond donors (Lipinski definition) is 1. The molecule has 0 aliphatic heterocycles. The highest BCUT2D eigenvalue weighted by Crippen LogP contribution is 2.18. The summed E-state index contributed by atoms with van der Waals surface area (Å²) in [6.07, 6.45) is 9.94. The fourth-order valence-corrected chi connectivity index (χ4v) is 2.11. The maximum Gasteiger partial charge on any atom is 0.141 e. The first-order chi connectivity index (χ1) is 9.35. The number of aryl methyl sites for hydroxylation is 1. The second kappa shape index (κ2) is 7.04. The molecular weight excluding hydrogens is 236 g/mol. The van der Waals surface area contributed by atoms with Crippen LogP contribution in [0.1, 0.15) is 32.3 Å². The number of imidazole rings is 1. The van der Waals surface area contributed by atoms with Crippen LogP contribution >= 0.6 is 0 Å². The molecule has 0 spiro atoms. The third kappa shape index (κ3) is 3.64. The number of pyridine rings is 1. The van der Waals surface area contributed by atoms with Crippen LogP contribution in [0.4, 0.5) is 0 Å². The zero-order valence-corrected chi connectivity index (χ0v) is 11.8. The molecular formula is C15H22N4. The second-order valence-electron chi connectivity index (χ2n) is 4.70. The Morgan fingerprint density at radius 1 is 1.21 bits per heavy atom. The third-order valence-electron chi connectivity index (χ3n) is 2.99. The molecule has 102 valence electrons. The number of nitrogens with zero attached hydrogens (tertiary/aromatic N) is 3. The number of rotatable bonds is 7. The van der Waals surface area contributed by atoms with Crippen LogP contribution < -0.4 is 5.32 Å². The van der Waals surface area contributed by atoms with Crippen LogP contribution in [0, 0.1) is 0 Å². The molecule has 0 fully saturated rings. The van der Waals surface area contributed by atoms with E-state index in [4.69, 9.17) is 0 Å². The van der Waals surface area contributed by atoms with Crippen LogP contribution in [0.5, 0.6) is 0 Å². The van der Waals surface area contributed by atoms with Gasteiger partial charge in [-0.05, 0) is 31.0 Å². The monoisotopic (exact) mass is 258 g/mol. The van der Waals surface area contributed by atoms with Crippen molar-refractivity contribution in [3.63, 3.8) is 0 Å². The van der Waals surface area contributed by atoms with Gasteiger partial charge in [0.25, 0.3) is 0 Å². The molecule has 0 saturated heterocycles. The molecule has 0 bridgehead atoms. The zero-order valence-electron chi connectivity index (χ0n) is 11.8. The largest absolute Gasteiger partial charge is 0.331 e. The summed E-state index contributed by atoms with van der Waals surface area (Å²) in [4.78, 5) is 8.77. The first-order valence-corrected chi connectivity index (χ1v) is 7.01. The molecule has 0 aliphatic carbocycles. The fraction of sp³-hybridized carbons (Fsp3) is 0.467. The van der Waals surface area contributed by atoms with Crippen molar-refractivity contribution in [3.8, 4) is 11.4 Å². The van der Waals surface area contributed by atoms with Gasteiger partial charge in [0.15, 0.2) is 0 Å². The fourth-order valence-electron chi connectivity index (χ4n) is 2.11. The second-order valence-corrected chi connectivity index (χ2v) is 4.70. The van der Waals surface area contributed by atoms with E-state index in [0.717, 1.165) is 43.9 Å². The molecule has 4 heteroatoms. The van der Waals surface area contributed by atoms with E-state index in [1.165, 1.54) is 5.56 Å². The lowest BCUT2D eigenvalue weighted by molar-refractivity contribution is 0.672. The summed E-state index contributed by atoms with van der Waals surface area (Å²) < 4.78 is 2.18. The highest BCUT2D eigenvalue weighted by molar-refractivity contribution is 5.55. The van der Waals surface area contributed by atoms with Crippen molar-refractivity contribution in [2.75, 3.05) is 6.54 Å². The minimum atomic E-state index is 0.864. The molecule has 2 aromatic rings. The highest BCUT2D eigenvalue weighted by atomic mass is 15.1. The lowest BCUT2D eigenvalue weighted by Crippen LogP contribution is -2.14. The predicted octanol–water partition coefficient (Wildman–Crippen LogP) is 2.85. The van der Waals surface area contributed by atoms with E-state index in [0.29, 0.717) is 0 Å². The van der Waals surface area contributed by atoms with Crippen LogP contribution in [0.2, 0.25) is 0 Å². The standard InChI is InChI=1S/C15H22N4/c1-3-5-16-10-13-9-14(12-17-11-13)15-18-6-8-19(15)7-4-2/h6,8-9,11-12,16H,3-5,7,10H2,1-2H3. The van der Waals surface area contributed by atoms with Crippen LogP contribution in [-0.4, -0.2) is 21.1 Å². The molecule has 4 nitrogen and oxygen atoms in total. The van der Waals surface area contributed by atoms with Gasteiger partial charge in [-0.3, -0.25) is 4.98 Å². The van der Waals surface area contributed by atoms with Crippen molar-refractivity contribution >= 4 is 0 Å². The summed E-state index contributed by atoms with van der Waals surface area (Å²) in [6, 6.07) is 2.17. The number of nitrogens with one attached hydrogen (secondary N) is 1. The van der Waals surface area contributed by atoms with Crippen molar-refractivity contribution in [1.82, 2.24) is 19.9 Å². The van der Waals surface area contributed by atoms with Gasteiger partial charge >= 0.3 is 0 Å². The lowest BCUT2D eigenvalue weighted by atomic mass is 10.2. The molecule has 2 rings (SSSR count). The molecule has 0 aromatic carbocycles. The minimum Gasteiger partial charge on any atom is -0.331 e. The van der Waals surface area contributed by atoms with E-state index in [1.807, 2.05) is 24.8 Å². The van der Waals surface area contributed by atoms with Gasteiger partial charge in [-0.15, -0.1) is 0 Å². The molecule has 0 amide bonds. The van der Waals surface area contributed by atoms with Crippen molar-refractivity contribution in [1.29, 1.82) is 0 Å². The Bertz CT molecular complexity index is 504. The molecule has 19 heavy (non-hydrogen) atoms. The Hall–Kier alpha value is -1.68. The van der Waals surface area contributed by atoms with Gasteiger partial charge in [0.05, 0.1) is 0 Å². The van der Waals surface area contributed by atoms with E-state index in [9.17, 15) is 0 Å². The average molecular weight is 258 g/mol. The molecule has 0 radical (unpaired) electrons. The maximum absolute atomic E-state index is 4.45. The molecule has 2 heterocycles. The van der Waals surface area contributed by atoms with Crippen molar-refractivity contribution in [2.24, 2.45) is 0 Å². The predicted molar refractivity (Wildman–Crippen MR) is 77.7 cm³/mol. The van der Waals surface area contributed by atoms with E-state index < -0.39 is 0 Å². The van der Waals surface area contributed by atoms with E-state index in [1.54, 1.807) is 0 Å². The van der Waals surface area contributed by atoms with Crippen molar-refractivity contribution in [2.45, 2.75) is 39.8 Å². The van der Waals surface area contributed by atoms with E-state index >= 15 is 0 Å². The van der Waals surface area contributed by atoms with Crippen LogP contribution in [0.15, 0.2) is 30.9 Å². The lowest BCUT2D eigenvalue weighted by Gasteiger charge is -2.08. The minimum absolute atomic E-state index is 0.864. The Morgan fingerprint density at radius 3 is 2.89 bits per heavy atom. The zero-order chi connectivity index (χ0) is 13.5. The Morgan fingerprint density at radius 2 is 2.11 bits per heavy atom. The van der Waals surface area contributed by atoms with Gasteiger partial charge in [-0.2, -0.15) is 0 Å². The first kappa shape index (κ1) is 13.7. The molecule has 0 aliphatic rings. The number of aromatic nitrogens is 3. The first-order valence-electron chi connectivity index (χ1n) is 7.01. The molecule has 0 atom stereocenters. The Labute approximate surface area is 114 Å². The van der Waals surface area contributed by atoms with Gasteiger partial charge in [-0.25, -0.2) is 4.98 Å². The van der Waals surface area contributed by atoms with E-state index in [-0.39, 0.29) is 0 Å². The number of hydrogen-bond acceptors (Lipinski definition) is 3. The van der Waals surface area contributed by atoms with Gasteiger partial charge in [-0.1, -0.05) is 13.8 Å². The van der Waals surface area contributed by atoms with Gasteiger partial charge in [0.1, 0.15) is 5.82 Å². The summed E-state index contributed by atoms with van der Waals surface area (Å²) in [7, 11) is 0. The summed E-state index contributed by atoms with van der Waals surface area (Å²) in [5.41, 5.74) is 2.30. The van der Waals surface area contributed by atoms with Crippen molar-refractivity contribution < 1.29 is 0 Å². The molecule has 0 unspecified atom stereocenters. The van der Waals surface area contributed by atoms with Gasteiger partial charge in [0.2, 0.25) is 0 Å². The summed E-state index contributed by atoms with van der Waals surface area (Å²) >= 11 is 0. The molecule has 0 saturated carbocycles. The summed E-state index contributed by atoms with van der Waals surface area (Å²) in [6.45, 7) is 7.24. The topological polar surface area (TPSA) is 42.7 Å². The Kier molecular flexibility index (Phi) is 5.10. The summed E-state index contributed by atoms with van der Waals surface area (Å²) in [5.74, 6) is 1.01. The quantitative estimate of drug-likeness (QED) is 0.777. The SMILES string of the molecule is CCCNCc1cncc(-c2nccn2CCC)c1. The van der Waals surface area contributed by atoms with E-state index in [2.05, 4.69) is 39.8 Å².